The molecular weight excluding hydrogens is 216 g/mol. The second kappa shape index (κ2) is 3.66. The lowest BCUT2D eigenvalue weighted by Gasteiger charge is -2.17. The molecule has 0 atom stereocenters. The molecule has 0 aliphatic carbocycles. The van der Waals surface area contributed by atoms with Gasteiger partial charge in [-0.3, -0.25) is 0 Å². The molecular formula is C10H12O4S. The van der Waals surface area contributed by atoms with Crippen molar-refractivity contribution >= 4 is 16.1 Å². The molecule has 1 aromatic rings. The minimum Gasteiger partial charge on any atom is -0.508 e. The van der Waals surface area contributed by atoms with E-state index in [4.69, 9.17) is 5.11 Å². The second-order valence-corrected chi connectivity index (χ2v) is 6.25. The van der Waals surface area contributed by atoms with E-state index < -0.39 is 14.6 Å². The van der Waals surface area contributed by atoms with E-state index in [0.717, 1.165) is 6.07 Å². The van der Waals surface area contributed by atoms with Crippen LogP contribution in [0.4, 0.5) is 0 Å². The monoisotopic (exact) mass is 228 g/mol. The van der Waals surface area contributed by atoms with Gasteiger partial charge in [0.15, 0.2) is 9.84 Å². The zero-order valence-corrected chi connectivity index (χ0v) is 9.28. The molecule has 1 rings (SSSR count). The van der Waals surface area contributed by atoms with E-state index in [9.17, 15) is 13.2 Å². The number of hydrogen-bond acceptors (Lipinski definition) is 4. The average Bonchev–Trinajstić information content (AvgIpc) is 2.17. The Kier molecular flexibility index (Phi) is 2.86. The van der Waals surface area contributed by atoms with Crippen LogP contribution in [0.2, 0.25) is 0 Å². The first kappa shape index (κ1) is 11.7. The van der Waals surface area contributed by atoms with Gasteiger partial charge in [0.25, 0.3) is 0 Å². The molecule has 82 valence electrons. The van der Waals surface area contributed by atoms with Crippen LogP contribution in [0.5, 0.6) is 5.75 Å². The van der Waals surface area contributed by atoms with Crippen LogP contribution < -0.4 is 0 Å². The topological polar surface area (TPSA) is 71.4 Å². The number of carbonyl (C=O) groups is 1. The maximum Gasteiger partial charge on any atom is 0.190 e. The van der Waals surface area contributed by atoms with Gasteiger partial charge in [-0.25, -0.2) is 8.42 Å². The Labute approximate surface area is 88.5 Å². The molecule has 0 saturated heterocycles. The van der Waals surface area contributed by atoms with Crippen molar-refractivity contribution in [3.8, 4) is 5.75 Å². The first-order chi connectivity index (χ1) is 6.81. The number of phenolic OH excluding ortho intramolecular Hbond substituents is 1. The molecule has 0 fully saturated rings. The van der Waals surface area contributed by atoms with E-state index in [1.807, 2.05) is 0 Å². The summed E-state index contributed by atoms with van der Waals surface area (Å²) in [7, 11) is -3.74. The standard InChI is InChI=1S/C10H12O4S/c1-10(2,7-11)15(13,14)9-5-3-4-8(12)6-9/h3-7,12H,1-2H3. The van der Waals surface area contributed by atoms with Gasteiger partial charge >= 0.3 is 0 Å². The van der Waals surface area contributed by atoms with Gasteiger partial charge in [-0.15, -0.1) is 0 Å². The number of rotatable bonds is 3. The van der Waals surface area contributed by atoms with Crippen molar-refractivity contribution in [3.63, 3.8) is 0 Å². The summed E-state index contributed by atoms with van der Waals surface area (Å²) < 4.78 is 22.3. The minimum atomic E-state index is -3.74. The van der Waals surface area contributed by atoms with Gasteiger partial charge < -0.3 is 9.90 Å². The summed E-state index contributed by atoms with van der Waals surface area (Å²) in [6, 6.07) is 5.26. The van der Waals surface area contributed by atoms with E-state index in [2.05, 4.69) is 0 Å². The predicted molar refractivity (Wildman–Crippen MR) is 55.4 cm³/mol. The number of aldehydes is 1. The Morgan fingerprint density at radius 2 is 1.93 bits per heavy atom. The maximum atomic E-state index is 11.9. The molecule has 0 aliphatic rings. The molecule has 0 unspecified atom stereocenters. The van der Waals surface area contributed by atoms with Crippen molar-refractivity contribution in [1.29, 1.82) is 0 Å². The third-order valence-electron chi connectivity index (χ3n) is 2.10. The van der Waals surface area contributed by atoms with Crippen molar-refractivity contribution in [2.24, 2.45) is 0 Å². The lowest BCUT2D eigenvalue weighted by atomic mass is 10.2. The summed E-state index contributed by atoms with van der Waals surface area (Å²) in [5, 5.41) is 9.16. The summed E-state index contributed by atoms with van der Waals surface area (Å²) >= 11 is 0. The highest BCUT2D eigenvalue weighted by atomic mass is 32.2. The van der Waals surface area contributed by atoms with Gasteiger partial charge in [-0.05, 0) is 32.0 Å². The highest BCUT2D eigenvalue weighted by Crippen LogP contribution is 2.25. The van der Waals surface area contributed by atoms with Crippen LogP contribution in [0.25, 0.3) is 0 Å². The molecule has 0 bridgehead atoms. The van der Waals surface area contributed by atoms with Crippen molar-refractivity contribution in [1.82, 2.24) is 0 Å². The maximum absolute atomic E-state index is 11.9. The Morgan fingerprint density at radius 1 is 1.33 bits per heavy atom. The second-order valence-electron chi connectivity index (χ2n) is 3.72. The Hall–Kier alpha value is -1.36. The highest BCUT2D eigenvalue weighted by Gasteiger charge is 2.35. The predicted octanol–water partition coefficient (Wildman–Crippen LogP) is 1.14. The quantitative estimate of drug-likeness (QED) is 0.787. The van der Waals surface area contributed by atoms with Crippen LogP contribution in [0.3, 0.4) is 0 Å². The SMILES string of the molecule is CC(C)(C=O)S(=O)(=O)c1cccc(O)c1. The number of hydrogen-bond donors (Lipinski definition) is 1. The summed E-state index contributed by atoms with van der Waals surface area (Å²) in [6.45, 7) is 2.64. The molecule has 15 heavy (non-hydrogen) atoms. The highest BCUT2D eigenvalue weighted by molar-refractivity contribution is 7.93. The van der Waals surface area contributed by atoms with Gasteiger partial charge in [-0.1, -0.05) is 6.07 Å². The molecule has 0 heterocycles. The summed E-state index contributed by atoms with van der Waals surface area (Å²) in [4.78, 5) is 10.6. The Balaban J connectivity index is 3.36. The molecule has 5 heteroatoms. The molecule has 1 N–H and O–H groups in total. The van der Waals surface area contributed by atoms with E-state index in [1.165, 1.54) is 32.0 Å². The number of aromatic hydroxyl groups is 1. The Morgan fingerprint density at radius 3 is 2.40 bits per heavy atom. The minimum absolute atomic E-state index is 0.0559. The van der Waals surface area contributed by atoms with E-state index in [-0.39, 0.29) is 10.6 Å². The van der Waals surface area contributed by atoms with Crippen LogP contribution in [0, 0.1) is 0 Å². The van der Waals surface area contributed by atoms with Crippen molar-refractivity contribution in [2.75, 3.05) is 0 Å². The van der Waals surface area contributed by atoms with E-state index in [1.54, 1.807) is 0 Å². The first-order valence-electron chi connectivity index (χ1n) is 4.31. The molecule has 1 aromatic carbocycles. The van der Waals surface area contributed by atoms with Crippen LogP contribution in [0.15, 0.2) is 29.2 Å². The molecule has 0 amide bonds. The summed E-state index contributed by atoms with van der Waals surface area (Å²) in [5.74, 6) is -0.141. The lowest BCUT2D eigenvalue weighted by molar-refractivity contribution is -0.109. The van der Waals surface area contributed by atoms with Gasteiger partial charge in [-0.2, -0.15) is 0 Å². The number of sulfone groups is 1. The average molecular weight is 228 g/mol. The van der Waals surface area contributed by atoms with Crippen LogP contribution in [0.1, 0.15) is 13.8 Å². The summed E-state index contributed by atoms with van der Waals surface area (Å²) in [5.41, 5.74) is 0. The van der Waals surface area contributed by atoms with Crippen LogP contribution in [-0.2, 0) is 14.6 Å². The third-order valence-corrected chi connectivity index (χ3v) is 4.46. The largest absolute Gasteiger partial charge is 0.508 e. The van der Waals surface area contributed by atoms with Crippen molar-refractivity contribution in [2.45, 2.75) is 23.5 Å². The zero-order chi connectivity index (χ0) is 11.7. The lowest BCUT2D eigenvalue weighted by Crippen LogP contribution is -2.33. The zero-order valence-electron chi connectivity index (χ0n) is 8.47. The first-order valence-corrected chi connectivity index (χ1v) is 5.79. The molecule has 0 aliphatic heterocycles. The molecule has 0 spiro atoms. The summed E-state index contributed by atoms with van der Waals surface area (Å²) in [6.07, 6.45) is 0.381. The Bertz CT molecular complexity index is 474. The van der Waals surface area contributed by atoms with Crippen LogP contribution >= 0.6 is 0 Å². The normalized spacial score (nSPS) is 12.4. The van der Waals surface area contributed by atoms with E-state index >= 15 is 0 Å². The molecule has 0 aromatic heterocycles. The van der Waals surface area contributed by atoms with Gasteiger partial charge in [0, 0.05) is 0 Å². The smallest absolute Gasteiger partial charge is 0.190 e. The molecule has 0 saturated carbocycles. The molecule has 4 nitrogen and oxygen atoms in total. The van der Waals surface area contributed by atoms with Crippen LogP contribution in [-0.4, -0.2) is 24.6 Å². The van der Waals surface area contributed by atoms with Crippen molar-refractivity contribution in [3.05, 3.63) is 24.3 Å². The number of carbonyl (C=O) groups excluding carboxylic acids is 1. The fourth-order valence-electron chi connectivity index (χ4n) is 1.02. The van der Waals surface area contributed by atoms with Gasteiger partial charge in [0.2, 0.25) is 0 Å². The van der Waals surface area contributed by atoms with Crippen molar-refractivity contribution < 1.29 is 18.3 Å². The molecule has 0 radical (unpaired) electrons. The van der Waals surface area contributed by atoms with Gasteiger partial charge in [0.05, 0.1) is 4.90 Å². The fourth-order valence-corrected chi connectivity index (χ4v) is 2.29. The number of phenols is 1. The number of benzene rings is 1. The fraction of sp³-hybridized carbons (Fsp3) is 0.300. The van der Waals surface area contributed by atoms with E-state index in [0.29, 0.717) is 6.29 Å². The van der Waals surface area contributed by atoms with Gasteiger partial charge in [0.1, 0.15) is 16.8 Å². The third kappa shape index (κ3) is 2.02.